The number of carbonyl (C=O) groups is 1. The number of hydrogen-bond acceptors (Lipinski definition) is 5. The first-order valence-electron chi connectivity index (χ1n) is 10.6. The van der Waals surface area contributed by atoms with Crippen molar-refractivity contribution in [2.75, 3.05) is 13.1 Å². The summed E-state index contributed by atoms with van der Waals surface area (Å²) < 4.78 is 1.82. The Morgan fingerprint density at radius 1 is 1.37 bits per heavy atom. The minimum atomic E-state index is -1.27. The molecule has 1 aliphatic heterocycles. The van der Waals surface area contributed by atoms with Gasteiger partial charge in [-0.15, -0.1) is 0 Å². The predicted molar refractivity (Wildman–Crippen MR) is 115 cm³/mol. The van der Waals surface area contributed by atoms with E-state index in [-0.39, 0.29) is 46.0 Å². The van der Waals surface area contributed by atoms with Gasteiger partial charge in [0.05, 0.1) is 15.9 Å². The van der Waals surface area contributed by atoms with E-state index in [0.717, 1.165) is 38.8 Å². The fourth-order valence-electron chi connectivity index (χ4n) is 5.68. The molecule has 2 saturated carbocycles. The van der Waals surface area contributed by atoms with Gasteiger partial charge in [-0.3, -0.25) is 4.79 Å². The summed E-state index contributed by atoms with van der Waals surface area (Å²) in [5.41, 5.74) is 6.55. The highest BCUT2D eigenvalue weighted by Gasteiger charge is 2.55. The molecular weight excluding hydrogens is 406 g/mol. The van der Waals surface area contributed by atoms with Crippen LogP contribution in [0.15, 0.2) is 17.1 Å². The molecule has 3 fully saturated rings. The molecule has 8 heteroatoms. The van der Waals surface area contributed by atoms with Crippen molar-refractivity contribution < 1.29 is 15.0 Å². The third-order valence-electron chi connectivity index (χ3n) is 7.77. The van der Waals surface area contributed by atoms with Gasteiger partial charge < -0.3 is 25.8 Å². The van der Waals surface area contributed by atoms with Gasteiger partial charge in [0.25, 0.3) is 0 Å². The number of nitrogens with zero attached hydrogens (tertiary/aromatic N) is 1. The summed E-state index contributed by atoms with van der Waals surface area (Å²) in [6, 6.07) is 1.57. The molecule has 5 N–H and O–H groups in total. The van der Waals surface area contributed by atoms with Crippen LogP contribution < -0.4 is 16.5 Å². The molecule has 1 saturated heterocycles. The summed E-state index contributed by atoms with van der Waals surface area (Å²) in [4.78, 5) is 24.4. The zero-order valence-electron chi connectivity index (χ0n) is 16.8. The molecule has 3 aliphatic rings. The van der Waals surface area contributed by atoms with Crippen LogP contribution in [0.1, 0.15) is 60.5 Å². The molecule has 1 aromatic heterocycles. The molecule has 7 nitrogen and oxygen atoms in total. The Labute approximate surface area is 178 Å². The van der Waals surface area contributed by atoms with Gasteiger partial charge in [0.2, 0.25) is 5.43 Å². The Balaban J connectivity index is 1.73. The molecule has 2 heterocycles. The number of pyridine rings is 1. The lowest BCUT2D eigenvalue weighted by atomic mass is 9.50. The van der Waals surface area contributed by atoms with Crippen LogP contribution in [-0.2, 0) is 0 Å². The third kappa shape index (κ3) is 2.65. The van der Waals surface area contributed by atoms with E-state index < -0.39 is 11.4 Å². The second-order valence-electron chi connectivity index (χ2n) is 9.24. The fourth-order valence-corrected chi connectivity index (χ4v) is 6.11. The third-order valence-corrected chi connectivity index (χ3v) is 8.15. The molecule has 0 bridgehead atoms. The zero-order chi connectivity index (χ0) is 21.4. The maximum atomic E-state index is 12.8. The Bertz CT molecular complexity index is 1130. The van der Waals surface area contributed by atoms with Gasteiger partial charge in [-0.1, -0.05) is 18.5 Å². The highest BCUT2D eigenvalue weighted by Crippen LogP contribution is 2.61. The van der Waals surface area contributed by atoms with E-state index in [0.29, 0.717) is 16.1 Å². The lowest BCUT2D eigenvalue weighted by Crippen LogP contribution is -2.62. The molecule has 5 rings (SSSR count). The smallest absolute Gasteiger partial charge is 0.341 e. The quantitative estimate of drug-likeness (QED) is 0.593. The lowest BCUT2D eigenvalue weighted by Gasteiger charge is -2.58. The number of fused-ring (bicyclic) bond motifs is 1. The van der Waals surface area contributed by atoms with Crippen LogP contribution >= 0.6 is 11.6 Å². The van der Waals surface area contributed by atoms with Crippen LogP contribution in [0.2, 0.25) is 5.02 Å². The molecule has 160 valence electrons. The topological polar surface area (TPSA) is 118 Å². The van der Waals surface area contributed by atoms with Gasteiger partial charge in [-0.05, 0) is 49.0 Å². The van der Waals surface area contributed by atoms with Crippen molar-refractivity contribution >= 4 is 28.5 Å². The second-order valence-corrected chi connectivity index (χ2v) is 9.62. The number of aromatic carboxylic acids is 1. The number of nitrogens with one attached hydrogen (secondary N) is 1. The van der Waals surface area contributed by atoms with Crippen molar-refractivity contribution in [3.05, 3.63) is 38.6 Å². The van der Waals surface area contributed by atoms with E-state index in [2.05, 4.69) is 12.2 Å². The van der Waals surface area contributed by atoms with E-state index in [9.17, 15) is 19.8 Å². The van der Waals surface area contributed by atoms with Crippen LogP contribution in [0.5, 0.6) is 5.75 Å². The Morgan fingerprint density at radius 3 is 2.70 bits per heavy atom. The largest absolute Gasteiger partial charge is 0.508 e. The Morgan fingerprint density at radius 2 is 2.10 bits per heavy atom. The summed E-state index contributed by atoms with van der Waals surface area (Å²) in [6.45, 7) is 3.75. The van der Waals surface area contributed by atoms with Crippen LogP contribution in [0, 0.1) is 11.3 Å². The van der Waals surface area contributed by atoms with Crippen molar-refractivity contribution in [3.63, 3.8) is 0 Å². The van der Waals surface area contributed by atoms with Gasteiger partial charge >= 0.3 is 5.97 Å². The number of halogens is 1. The van der Waals surface area contributed by atoms with Crippen LogP contribution in [0.4, 0.5) is 0 Å². The van der Waals surface area contributed by atoms with Crippen molar-refractivity contribution in [2.24, 2.45) is 17.1 Å². The number of aromatic nitrogens is 1. The second kappa shape index (κ2) is 6.70. The summed E-state index contributed by atoms with van der Waals surface area (Å²) in [6.07, 6.45) is 5.12. The first-order valence-corrected chi connectivity index (χ1v) is 10.9. The van der Waals surface area contributed by atoms with Gasteiger partial charge in [0.1, 0.15) is 11.3 Å². The number of phenolic OH excluding ortho intramolecular Hbond substituents is 1. The monoisotopic (exact) mass is 431 g/mol. The van der Waals surface area contributed by atoms with E-state index in [1.54, 1.807) is 0 Å². The summed E-state index contributed by atoms with van der Waals surface area (Å²) in [5.74, 6) is -1.01. The molecule has 2 aliphatic carbocycles. The predicted octanol–water partition coefficient (Wildman–Crippen LogP) is 2.82. The fraction of sp³-hybridized carbons (Fsp3) is 0.545. The molecule has 4 atom stereocenters. The van der Waals surface area contributed by atoms with E-state index in [4.69, 9.17) is 17.3 Å². The first kappa shape index (κ1) is 19.8. The number of benzene rings is 1. The van der Waals surface area contributed by atoms with Crippen molar-refractivity contribution in [1.29, 1.82) is 0 Å². The molecular formula is C22H26ClN3O4. The van der Waals surface area contributed by atoms with Gasteiger partial charge in [0, 0.05) is 36.9 Å². The average Bonchev–Trinajstić information content (AvgIpc) is 3.52. The van der Waals surface area contributed by atoms with Crippen LogP contribution in [0.25, 0.3) is 10.9 Å². The van der Waals surface area contributed by atoms with Crippen molar-refractivity contribution in [3.8, 4) is 5.75 Å². The van der Waals surface area contributed by atoms with Crippen molar-refractivity contribution in [2.45, 2.75) is 50.6 Å². The molecule has 1 aromatic carbocycles. The molecule has 0 radical (unpaired) electrons. The number of nitrogens with two attached hydrogens (primary N) is 1. The highest BCUT2D eigenvalue weighted by molar-refractivity contribution is 6.36. The molecule has 0 amide bonds. The van der Waals surface area contributed by atoms with Crippen LogP contribution in [-0.4, -0.2) is 39.9 Å². The van der Waals surface area contributed by atoms with Gasteiger partial charge in [0.15, 0.2) is 0 Å². The maximum Gasteiger partial charge on any atom is 0.341 e. The highest BCUT2D eigenvalue weighted by atomic mass is 35.5. The number of phenols is 1. The summed E-state index contributed by atoms with van der Waals surface area (Å²) in [7, 11) is 0. The number of hydrogen-bond donors (Lipinski definition) is 4. The SMILES string of the molecule is C[C@@H]1C(N)CNCC12CCC2c1c(O)cc2c(=O)c(C(=O)O)cn(C3CC3)c2c1Cl. The number of rotatable bonds is 3. The minimum Gasteiger partial charge on any atom is -0.508 e. The van der Waals surface area contributed by atoms with Gasteiger partial charge in [-0.2, -0.15) is 0 Å². The number of carboxylic acid groups (broad SMARTS) is 1. The molecule has 1 spiro atoms. The Hall–Kier alpha value is -2.09. The summed E-state index contributed by atoms with van der Waals surface area (Å²) in [5, 5.41) is 24.4. The average molecular weight is 432 g/mol. The molecule has 2 aromatic rings. The van der Waals surface area contributed by atoms with Gasteiger partial charge in [-0.25, -0.2) is 4.79 Å². The standard InChI is InChI=1S/C22H26ClN3O4/c1-10-15(24)7-25-9-22(10)5-4-14(22)17-16(27)6-12-19(18(17)23)26(11-2-3-11)8-13(20(12)28)21(29)30/h6,8,10-11,14-15,25,27H,2-5,7,9,24H2,1H3,(H,29,30)/t10-,14?,15?,22?/m1/s1. The number of piperidine rings is 1. The van der Waals surface area contributed by atoms with Crippen LogP contribution in [0.3, 0.4) is 0 Å². The van der Waals surface area contributed by atoms with E-state index in [1.165, 1.54) is 12.3 Å². The maximum absolute atomic E-state index is 12.8. The van der Waals surface area contributed by atoms with E-state index in [1.807, 2.05) is 4.57 Å². The zero-order valence-corrected chi connectivity index (χ0v) is 17.6. The Kier molecular flexibility index (Phi) is 4.44. The minimum absolute atomic E-state index is 0.0326. The number of aromatic hydroxyl groups is 1. The van der Waals surface area contributed by atoms with E-state index >= 15 is 0 Å². The summed E-state index contributed by atoms with van der Waals surface area (Å²) >= 11 is 6.90. The number of carboxylic acids is 1. The normalized spacial score (nSPS) is 31.1. The molecule has 30 heavy (non-hydrogen) atoms. The first-order chi connectivity index (χ1) is 14.3. The molecule has 3 unspecified atom stereocenters. The lowest BCUT2D eigenvalue weighted by molar-refractivity contribution is -0.0101. The van der Waals surface area contributed by atoms with Crippen molar-refractivity contribution in [1.82, 2.24) is 9.88 Å².